The van der Waals surface area contributed by atoms with Crippen LogP contribution in [0.4, 0.5) is 0 Å². The Morgan fingerprint density at radius 1 is 0.170 bits per heavy atom. The summed E-state index contributed by atoms with van der Waals surface area (Å²) < 4.78 is 13.1. The average molecular weight is 1350 g/mol. The van der Waals surface area contributed by atoms with Gasteiger partial charge in [0.15, 0.2) is 11.2 Å². The highest BCUT2D eigenvalue weighted by Crippen LogP contribution is 2.44. The van der Waals surface area contributed by atoms with E-state index in [1.54, 1.807) is 12.7 Å². The van der Waals surface area contributed by atoms with E-state index in [9.17, 15) is 0 Å². The van der Waals surface area contributed by atoms with Crippen LogP contribution in [-0.2, 0) is 0 Å². The number of hydrogen-bond acceptors (Lipinski definition) is 6. The zero-order valence-electron chi connectivity index (χ0n) is 57.2. The molecule has 492 valence electrons. The van der Waals surface area contributed by atoms with Crippen LogP contribution >= 0.6 is 0 Å². The van der Waals surface area contributed by atoms with Gasteiger partial charge in [0.25, 0.3) is 0 Å². The summed E-state index contributed by atoms with van der Waals surface area (Å²) in [6.45, 7) is 0. The van der Waals surface area contributed by atoms with Crippen LogP contribution in [0.3, 0.4) is 0 Å². The SMILES string of the molecule is c1cc(-c2ccc3c(ccc4ccccc43)c2)cc(-c2ccc3oc4c(-c5cccc(-c6ccc7c(ccc8ccccc87)c6)c5)ncnc4c3c2)c1.c1cc(-c2ccc3oc4c(-c5cccc(-c6cc7ccccc7c7ccccc67)c5)ncnc4c3c2)cc(-c2cc3ccccc3c3ccccc23)c1. The van der Waals surface area contributed by atoms with Crippen molar-refractivity contribution in [1.29, 1.82) is 0 Å². The van der Waals surface area contributed by atoms with E-state index in [2.05, 4.69) is 352 Å². The van der Waals surface area contributed by atoms with E-state index in [1.165, 1.54) is 114 Å². The van der Waals surface area contributed by atoms with E-state index in [4.69, 9.17) is 28.8 Å². The summed E-state index contributed by atoms with van der Waals surface area (Å²) in [6, 6.07) is 126. The first-order chi connectivity index (χ1) is 52.5. The summed E-state index contributed by atoms with van der Waals surface area (Å²) in [5, 5.41) is 22.0. The Balaban J connectivity index is 0.000000136. The summed E-state index contributed by atoms with van der Waals surface area (Å²) in [7, 11) is 0. The lowest BCUT2D eigenvalue weighted by Crippen LogP contribution is -1.89. The molecule has 0 aliphatic heterocycles. The molecule has 0 bridgehead atoms. The van der Waals surface area contributed by atoms with Crippen molar-refractivity contribution in [3.63, 3.8) is 0 Å². The van der Waals surface area contributed by atoms with Gasteiger partial charge >= 0.3 is 0 Å². The summed E-state index contributed by atoms with van der Waals surface area (Å²) in [5.41, 5.74) is 22.0. The predicted molar refractivity (Wildman–Crippen MR) is 442 cm³/mol. The molecular formula is C100H60N4O2. The minimum absolute atomic E-state index is 0.691. The monoisotopic (exact) mass is 1350 g/mol. The maximum Gasteiger partial charge on any atom is 0.180 e. The largest absolute Gasteiger partial charge is 0.452 e. The molecule has 0 spiro atoms. The highest BCUT2D eigenvalue weighted by molar-refractivity contribution is 6.17. The fraction of sp³-hybridized carbons (Fsp3) is 0. The van der Waals surface area contributed by atoms with Crippen LogP contribution in [0.2, 0.25) is 0 Å². The third-order valence-electron chi connectivity index (χ3n) is 21.5. The van der Waals surface area contributed by atoms with Gasteiger partial charge in [-0.1, -0.05) is 279 Å². The van der Waals surface area contributed by atoms with Crippen molar-refractivity contribution in [1.82, 2.24) is 19.9 Å². The summed E-state index contributed by atoms with van der Waals surface area (Å²) in [4.78, 5) is 19.0. The van der Waals surface area contributed by atoms with E-state index in [0.717, 1.165) is 94.4 Å². The van der Waals surface area contributed by atoms with E-state index in [-0.39, 0.29) is 0 Å². The molecule has 22 aromatic rings. The van der Waals surface area contributed by atoms with Crippen molar-refractivity contribution < 1.29 is 8.83 Å². The standard InChI is InChI=1S/2C50H30N2O/c1-3-17-38-35(11-1)28-44(42-21-7-5-19-40(38)42)33-14-9-13-31(25-33)32-23-24-47-46(27-32)49-50(53-47)48(51-30-52-49)37-16-10-15-34(26-37)45-29-36-12-2-4-18-39(36)41-20-6-8-22-43(41)45;1-3-13-42-31(7-1)15-17-39-26-36(19-22-44(39)42)33-9-5-10-34(25-33)38-21-24-47-46(29-38)49-50(53-47)48(51-30-52-49)41-12-6-11-35(28-41)37-20-23-45-40(27-37)18-16-32-8-2-4-14-43(32)45/h2*1-30H. The molecule has 0 unspecified atom stereocenters. The molecule has 0 atom stereocenters. The van der Waals surface area contributed by atoms with Gasteiger partial charge in [-0.25, -0.2) is 19.9 Å². The van der Waals surface area contributed by atoms with Gasteiger partial charge in [0.05, 0.1) is 0 Å². The van der Waals surface area contributed by atoms with Crippen LogP contribution in [0, 0.1) is 0 Å². The number of fused-ring (bicyclic) bond motifs is 18. The highest BCUT2D eigenvalue weighted by Gasteiger charge is 2.21. The van der Waals surface area contributed by atoms with Gasteiger partial charge < -0.3 is 8.83 Å². The molecule has 4 heterocycles. The van der Waals surface area contributed by atoms with Crippen molar-refractivity contribution in [3.05, 3.63) is 365 Å². The molecule has 6 heteroatoms. The number of furan rings is 2. The Hall–Kier alpha value is -14.2. The maximum absolute atomic E-state index is 6.56. The Morgan fingerprint density at radius 2 is 0.462 bits per heavy atom. The van der Waals surface area contributed by atoms with Crippen LogP contribution in [0.1, 0.15) is 0 Å². The second-order valence-electron chi connectivity index (χ2n) is 27.6. The molecule has 6 nitrogen and oxygen atoms in total. The van der Waals surface area contributed by atoms with Crippen LogP contribution in [0.5, 0.6) is 0 Å². The summed E-state index contributed by atoms with van der Waals surface area (Å²) in [6.07, 6.45) is 3.31. The molecular weight excluding hydrogens is 1290 g/mol. The van der Waals surface area contributed by atoms with E-state index in [1.807, 2.05) is 0 Å². The second kappa shape index (κ2) is 24.8. The number of aromatic nitrogens is 4. The molecule has 0 saturated heterocycles. The highest BCUT2D eigenvalue weighted by atomic mass is 16.3. The zero-order valence-corrected chi connectivity index (χ0v) is 57.2. The molecule has 0 aliphatic carbocycles. The topological polar surface area (TPSA) is 77.8 Å². The van der Waals surface area contributed by atoms with Gasteiger partial charge in [0.2, 0.25) is 0 Å². The first kappa shape index (κ1) is 60.6. The molecule has 106 heavy (non-hydrogen) atoms. The molecule has 0 aliphatic rings. The van der Waals surface area contributed by atoms with Crippen LogP contribution < -0.4 is 0 Å². The fourth-order valence-corrected chi connectivity index (χ4v) is 16.3. The maximum atomic E-state index is 6.56. The smallest absolute Gasteiger partial charge is 0.180 e. The summed E-state index contributed by atoms with van der Waals surface area (Å²) >= 11 is 0. The minimum Gasteiger partial charge on any atom is -0.452 e. The Labute approximate surface area is 609 Å². The Morgan fingerprint density at radius 3 is 0.906 bits per heavy atom. The molecule has 22 rings (SSSR count). The van der Waals surface area contributed by atoms with Gasteiger partial charge in [-0.3, -0.25) is 0 Å². The van der Waals surface area contributed by atoms with Gasteiger partial charge in [-0.05, 0) is 226 Å². The van der Waals surface area contributed by atoms with Crippen LogP contribution in [0.15, 0.2) is 373 Å². The first-order valence-electron chi connectivity index (χ1n) is 35.9. The Kier molecular flexibility index (Phi) is 14.2. The van der Waals surface area contributed by atoms with Gasteiger partial charge in [-0.2, -0.15) is 0 Å². The lowest BCUT2D eigenvalue weighted by Gasteiger charge is -2.12. The quantitative estimate of drug-likeness (QED) is 0.141. The zero-order chi connectivity index (χ0) is 69.8. The molecule has 18 aromatic carbocycles. The number of nitrogens with zero attached hydrogens (tertiary/aromatic N) is 4. The number of benzene rings is 18. The summed E-state index contributed by atoms with van der Waals surface area (Å²) in [5.74, 6) is 0. The fourth-order valence-electron chi connectivity index (χ4n) is 16.3. The van der Waals surface area contributed by atoms with Crippen molar-refractivity contribution >= 4 is 130 Å². The lowest BCUT2D eigenvalue weighted by atomic mass is 9.91. The molecule has 4 aromatic heterocycles. The van der Waals surface area contributed by atoms with Gasteiger partial charge in [0.1, 0.15) is 46.2 Å². The average Bonchev–Trinajstić information content (AvgIpc) is 1.39. The van der Waals surface area contributed by atoms with Crippen molar-refractivity contribution in [3.8, 4) is 89.3 Å². The normalized spacial score (nSPS) is 11.8. The van der Waals surface area contributed by atoms with Crippen LogP contribution in [0.25, 0.3) is 220 Å². The molecule has 0 radical (unpaired) electrons. The number of hydrogen-bond donors (Lipinski definition) is 0. The van der Waals surface area contributed by atoms with Gasteiger partial charge in [-0.15, -0.1) is 0 Å². The predicted octanol–water partition coefficient (Wildman–Crippen LogP) is 27.3. The third-order valence-corrected chi connectivity index (χ3v) is 21.5. The van der Waals surface area contributed by atoms with Crippen molar-refractivity contribution in [2.24, 2.45) is 0 Å². The van der Waals surface area contributed by atoms with Crippen molar-refractivity contribution in [2.45, 2.75) is 0 Å². The first-order valence-corrected chi connectivity index (χ1v) is 35.9. The van der Waals surface area contributed by atoms with E-state index >= 15 is 0 Å². The number of rotatable bonds is 8. The third kappa shape index (κ3) is 10.3. The van der Waals surface area contributed by atoms with Crippen molar-refractivity contribution in [2.75, 3.05) is 0 Å². The molecule has 0 fully saturated rings. The Bertz CT molecular complexity index is 7370. The molecule has 0 amide bonds. The minimum atomic E-state index is 0.691. The lowest BCUT2D eigenvalue weighted by molar-refractivity contribution is 0.667. The molecule has 0 N–H and O–H groups in total. The van der Waals surface area contributed by atoms with E-state index in [0.29, 0.717) is 11.2 Å². The molecule has 0 saturated carbocycles. The van der Waals surface area contributed by atoms with Gasteiger partial charge in [0, 0.05) is 21.9 Å². The second-order valence-corrected chi connectivity index (χ2v) is 27.6. The van der Waals surface area contributed by atoms with Crippen LogP contribution in [-0.4, -0.2) is 19.9 Å². The van der Waals surface area contributed by atoms with E-state index < -0.39 is 0 Å².